The Morgan fingerprint density at radius 1 is 0.893 bits per heavy atom. The van der Waals surface area contributed by atoms with Gasteiger partial charge in [0.1, 0.15) is 0 Å². The van der Waals surface area contributed by atoms with Crippen molar-refractivity contribution >= 4 is 5.91 Å². The first-order valence-corrected chi connectivity index (χ1v) is 9.46. The van der Waals surface area contributed by atoms with Gasteiger partial charge in [0.2, 0.25) is 12.7 Å². The van der Waals surface area contributed by atoms with Gasteiger partial charge in [-0.05, 0) is 42.2 Å². The maximum Gasteiger partial charge on any atom is 0.231 e. The Kier molecular flexibility index (Phi) is 5.02. The number of nitrogens with one attached hydrogen (secondary N) is 1. The fourth-order valence-electron chi connectivity index (χ4n) is 3.55. The minimum absolute atomic E-state index is 0.00729. The quantitative estimate of drug-likeness (QED) is 0.695. The first-order valence-electron chi connectivity index (χ1n) is 9.46. The highest BCUT2D eigenvalue weighted by Gasteiger charge is 2.30. The van der Waals surface area contributed by atoms with Gasteiger partial charge in [-0.25, -0.2) is 0 Å². The second kappa shape index (κ2) is 7.77. The standard InChI is InChI=1S/C24H23NO3/c1-24(19-8-4-2-5-9-19,20-10-6-3-7-11-20)25-23(26)15-13-18-12-14-21-22(16-18)28-17-27-21/h2-12,14,16H,13,15,17H2,1H3,(H,25,26). The number of aryl methyl sites for hydroxylation is 1. The van der Waals surface area contributed by atoms with Crippen LogP contribution in [0.3, 0.4) is 0 Å². The van der Waals surface area contributed by atoms with Gasteiger partial charge in [-0.3, -0.25) is 4.79 Å². The van der Waals surface area contributed by atoms with E-state index in [1.54, 1.807) is 0 Å². The van der Waals surface area contributed by atoms with Gasteiger partial charge >= 0.3 is 0 Å². The molecule has 4 heteroatoms. The lowest BCUT2D eigenvalue weighted by Crippen LogP contribution is -2.44. The minimum Gasteiger partial charge on any atom is -0.454 e. The molecular weight excluding hydrogens is 350 g/mol. The van der Waals surface area contributed by atoms with Crippen molar-refractivity contribution < 1.29 is 14.3 Å². The van der Waals surface area contributed by atoms with E-state index in [9.17, 15) is 4.79 Å². The zero-order valence-corrected chi connectivity index (χ0v) is 15.9. The summed E-state index contributed by atoms with van der Waals surface area (Å²) in [5.41, 5.74) is 2.57. The molecule has 0 spiro atoms. The van der Waals surface area contributed by atoms with E-state index in [2.05, 4.69) is 12.2 Å². The number of fused-ring (bicyclic) bond motifs is 1. The van der Waals surface area contributed by atoms with Crippen LogP contribution in [0.5, 0.6) is 11.5 Å². The van der Waals surface area contributed by atoms with E-state index < -0.39 is 5.54 Å². The van der Waals surface area contributed by atoms with Crippen LogP contribution in [0.2, 0.25) is 0 Å². The summed E-state index contributed by atoms with van der Waals surface area (Å²) >= 11 is 0. The summed E-state index contributed by atoms with van der Waals surface area (Å²) in [7, 11) is 0. The molecule has 3 aromatic rings. The van der Waals surface area contributed by atoms with Gasteiger partial charge in [0.25, 0.3) is 0 Å². The largest absolute Gasteiger partial charge is 0.454 e. The SMILES string of the molecule is CC(NC(=O)CCc1ccc2c(c1)OCO2)(c1ccccc1)c1ccccc1. The summed E-state index contributed by atoms with van der Waals surface area (Å²) < 4.78 is 10.8. The fraction of sp³-hybridized carbons (Fsp3) is 0.208. The number of ether oxygens (including phenoxy) is 2. The molecule has 3 aromatic carbocycles. The lowest BCUT2D eigenvalue weighted by atomic mass is 9.84. The van der Waals surface area contributed by atoms with Gasteiger partial charge < -0.3 is 14.8 Å². The van der Waals surface area contributed by atoms with Crippen LogP contribution in [0.25, 0.3) is 0 Å². The Morgan fingerprint density at radius 3 is 2.14 bits per heavy atom. The topological polar surface area (TPSA) is 47.6 Å². The predicted molar refractivity (Wildman–Crippen MR) is 108 cm³/mol. The average Bonchev–Trinajstić information content (AvgIpc) is 3.21. The maximum atomic E-state index is 12.8. The van der Waals surface area contributed by atoms with E-state index in [0.717, 1.165) is 28.2 Å². The van der Waals surface area contributed by atoms with Crippen molar-refractivity contribution in [2.75, 3.05) is 6.79 Å². The second-order valence-corrected chi connectivity index (χ2v) is 7.09. The van der Waals surface area contributed by atoms with Crippen LogP contribution in [0.4, 0.5) is 0 Å². The molecule has 1 N–H and O–H groups in total. The van der Waals surface area contributed by atoms with Crippen molar-refractivity contribution in [2.45, 2.75) is 25.3 Å². The van der Waals surface area contributed by atoms with Gasteiger partial charge in [-0.1, -0.05) is 66.7 Å². The summed E-state index contributed by atoms with van der Waals surface area (Å²) in [6.07, 6.45) is 1.04. The molecule has 142 valence electrons. The monoisotopic (exact) mass is 373 g/mol. The molecule has 4 rings (SSSR count). The second-order valence-electron chi connectivity index (χ2n) is 7.09. The van der Waals surface area contributed by atoms with Crippen molar-refractivity contribution in [3.8, 4) is 11.5 Å². The molecule has 1 aliphatic heterocycles. The third kappa shape index (κ3) is 3.72. The molecule has 0 bridgehead atoms. The Hall–Kier alpha value is -3.27. The molecule has 0 radical (unpaired) electrons. The Balaban J connectivity index is 1.50. The lowest BCUT2D eigenvalue weighted by molar-refractivity contribution is -0.122. The van der Waals surface area contributed by atoms with Crippen molar-refractivity contribution in [3.63, 3.8) is 0 Å². The smallest absolute Gasteiger partial charge is 0.231 e. The van der Waals surface area contributed by atoms with E-state index in [0.29, 0.717) is 12.8 Å². The Bertz CT molecular complexity index is 915. The molecule has 1 amide bonds. The van der Waals surface area contributed by atoms with Crippen LogP contribution in [0.15, 0.2) is 78.9 Å². The highest BCUT2D eigenvalue weighted by atomic mass is 16.7. The van der Waals surface area contributed by atoms with Gasteiger partial charge in [0, 0.05) is 6.42 Å². The average molecular weight is 373 g/mol. The fourth-order valence-corrected chi connectivity index (χ4v) is 3.55. The molecule has 28 heavy (non-hydrogen) atoms. The summed E-state index contributed by atoms with van der Waals surface area (Å²) in [5.74, 6) is 1.51. The molecule has 0 atom stereocenters. The minimum atomic E-state index is -0.589. The first kappa shape index (κ1) is 18.1. The molecule has 0 aliphatic carbocycles. The predicted octanol–water partition coefficient (Wildman–Crippen LogP) is 4.43. The normalized spacial score (nSPS) is 12.6. The van der Waals surface area contributed by atoms with Gasteiger partial charge in [-0.15, -0.1) is 0 Å². The van der Waals surface area contributed by atoms with Crippen molar-refractivity contribution in [1.82, 2.24) is 5.32 Å². The Morgan fingerprint density at radius 2 is 1.50 bits per heavy atom. The van der Waals surface area contributed by atoms with E-state index >= 15 is 0 Å². The van der Waals surface area contributed by atoms with Crippen LogP contribution < -0.4 is 14.8 Å². The highest BCUT2D eigenvalue weighted by Crippen LogP contribution is 2.33. The van der Waals surface area contributed by atoms with Crippen LogP contribution in [0.1, 0.15) is 30.0 Å². The Labute approximate surface area is 165 Å². The summed E-state index contributed by atoms with van der Waals surface area (Å²) in [6, 6.07) is 26.0. The molecular formula is C24H23NO3. The summed E-state index contributed by atoms with van der Waals surface area (Å²) in [6.45, 7) is 2.31. The van der Waals surface area contributed by atoms with E-state index in [1.807, 2.05) is 78.9 Å². The number of carbonyl (C=O) groups excluding carboxylic acids is 1. The molecule has 1 heterocycles. The lowest BCUT2D eigenvalue weighted by Gasteiger charge is -2.32. The molecule has 1 aliphatic rings. The summed E-state index contributed by atoms with van der Waals surface area (Å²) in [5, 5.41) is 3.25. The number of hydrogen-bond donors (Lipinski definition) is 1. The number of carbonyl (C=O) groups is 1. The maximum absolute atomic E-state index is 12.8. The van der Waals surface area contributed by atoms with Gasteiger partial charge in [0.05, 0.1) is 5.54 Å². The number of rotatable bonds is 6. The number of amides is 1. The van der Waals surface area contributed by atoms with Crippen molar-refractivity contribution in [1.29, 1.82) is 0 Å². The third-order valence-electron chi connectivity index (χ3n) is 5.17. The number of hydrogen-bond acceptors (Lipinski definition) is 3. The zero-order chi connectivity index (χ0) is 19.4. The van der Waals surface area contributed by atoms with Crippen LogP contribution in [-0.2, 0) is 16.8 Å². The van der Waals surface area contributed by atoms with Crippen molar-refractivity contribution in [3.05, 3.63) is 95.6 Å². The molecule has 0 unspecified atom stereocenters. The van der Waals surface area contributed by atoms with E-state index in [4.69, 9.17) is 9.47 Å². The molecule has 0 saturated heterocycles. The van der Waals surface area contributed by atoms with E-state index in [-0.39, 0.29) is 12.7 Å². The van der Waals surface area contributed by atoms with Gasteiger partial charge in [-0.2, -0.15) is 0 Å². The molecule has 0 saturated carbocycles. The van der Waals surface area contributed by atoms with Crippen molar-refractivity contribution in [2.24, 2.45) is 0 Å². The van der Waals surface area contributed by atoms with E-state index in [1.165, 1.54) is 0 Å². The molecule has 4 nitrogen and oxygen atoms in total. The molecule has 0 aromatic heterocycles. The zero-order valence-electron chi connectivity index (χ0n) is 15.9. The first-order chi connectivity index (χ1) is 13.6. The third-order valence-corrected chi connectivity index (χ3v) is 5.17. The number of benzene rings is 3. The van der Waals surface area contributed by atoms with Crippen LogP contribution in [-0.4, -0.2) is 12.7 Å². The molecule has 0 fully saturated rings. The summed E-state index contributed by atoms with van der Waals surface area (Å²) in [4.78, 5) is 12.8. The van der Waals surface area contributed by atoms with Crippen LogP contribution >= 0.6 is 0 Å². The highest BCUT2D eigenvalue weighted by molar-refractivity contribution is 5.78. The van der Waals surface area contributed by atoms with Crippen LogP contribution in [0, 0.1) is 0 Å². The van der Waals surface area contributed by atoms with Gasteiger partial charge in [0.15, 0.2) is 11.5 Å².